The molecule has 1 aliphatic carbocycles. The van der Waals surface area contributed by atoms with Crippen molar-refractivity contribution in [3.05, 3.63) is 34.3 Å². The minimum absolute atomic E-state index is 0.190. The number of rotatable bonds is 5. The van der Waals surface area contributed by atoms with Crippen LogP contribution in [0, 0.1) is 0 Å². The number of piperazine rings is 1. The molecule has 2 aliphatic rings. The largest absolute Gasteiger partial charge is 0.354 e. The molecule has 5 heteroatoms. The molecule has 0 radical (unpaired) electrons. The summed E-state index contributed by atoms with van der Waals surface area (Å²) in [6.07, 6.45) is 1.92. The van der Waals surface area contributed by atoms with Gasteiger partial charge in [0.2, 0.25) is 5.91 Å². The van der Waals surface area contributed by atoms with Gasteiger partial charge in [-0.25, -0.2) is 0 Å². The van der Waals surface area contributed by atoms with Crippen LogP contribution < -0.4 is 10.6 Å². The number of hydrogen-bond acceptors (Lipinski definition) is 3. The van der Waals surface area contributed by atoms with Gasteiger partial charge in [0.15, 0.2) is 0 Å². The van der Waals surface area contributed by atoms with Crippen LogP contribution in [0.4, 0.5) is 0 Å². The molecule has 1 heterocycles. The predicted molar refractivity (Wildman–Crippen MR) is 87.4 cm³/mol. The van der Waals surface area contributed by atoms with Gasteiger partial charge in [-0.2, -0.15) is 0 Å². The van der Waals surface area contributed by atoms with Crippen molar-refractivity contribution in [2.24, 2.45) is 0 Å². The Morgan fingerprint density at radius 1 is 1.33 bits per heavy atom. The van der Waals surface area contributed by atoms with Crippen molar-refractivity contribution in [3.63, 3.8) is 0 Å². The van der Waals surface area contributed by atoms with E-state index < -0.39 is 0 Å². The minimum atomic E-state index is -0.271. The fourth-order valence-corrected chi connectivity index (χ4v) is 3.39. The van der Waals surface area contributed by atoms with Gasteiger partial charge in [-0.15, -0.1) is 0 Å². The molecule has 1 saturated heterocycles. The van der Waals surface area contributed by atoms with Crippen molar-refractivity contribution in [2.45, 2.75) is 18.3 Å². The summed E-state index contributed by atoms with van der Waals surface area (Å²) in [5.74, 6) is 0.190. The van der Waals surface area contributed by atoms with Crippen LogP contribution >= 0.6 is 15.9 Å². The highest BCUT2D eigenvalue weighted by Crippen LogP contribution is 2.48. The zero-order valence-electron chi connectivity index (χ0n) is 12.2. The first-order valence-corrected chi connectivity index (χ1v) is 8.47. The van der Waals surface area contributed by atoms with Gasteiger partial charge in [0.25, 0.3) is 0 Å². The number of nitrogens with zero attached hydrogens (tertiary/aromatic N) is 1. The number of carbonyl (C=O) groups is 1. The van der Waals surface area contributed by atoms with Gasteiger partial charge < -0.3 is 10.6 Å². The van der Waals surface area contributed by atoms with E-state index in [1.54, 1.807) is 0 Å². The standard InChI is InChI=1S/C16H22BrN3O/c17-14-3-1-2-13(12-14)16(4-5-16)15(21)19-8-11-20-9-6-18-7-10-20/h1-3,12,18H,4-11H2,(H,19,21). The van der Waals surface area contributed by atoms with Crippen molar-refractivity contribution < 1.29 is 4.79 Å². The van der Waals surface area contributed by atoms with Crippen LogP contribution in [0.15, 0.2) is 28.7 Å². The summed E-state index contributed by atoms with van der Waals surface area (Å²) >= 11 is 3.49. The molecule has 1 saturated carbocycles. The van der Waals surface area contributed by atoms with Crippen LogP contribution in [0.1, 0.15) is 18.4 Å². The van der Waals surface area contributed by atoms with Gasteiger partial charge in [-0.3, -0.25) is 9.69 Å². The summed E-state index contributed by atoms with van der Waals surface area (Å²) in [5, 5.41) is 6.48. The van der Waals surface area contributed by atoms with Crippen molar-refractivity contribution in [1.82, 2.24) is 15.5 Å². The molecule has 0 aromatic heterocycles. The summed E-state index contributed by atoms with van der Waals surface area (Å²) in [6, 6.07) is 8.14. The smallest absolute Gasteiger partial charge is 0.230 e. The van der Waals surface area contributed by atoms with Gasteiger partial charge in [0.1, 0.15) is 0 Å². The molecule has 1 amide bonds. The Morgan fingerprint density at radius 3 is 2.76 bits per heavy atom. The Bertz CT molecular complexity index is 510. The topological polar surface area (TPSA) is 44.4 Å². The highest BCUT2D eigenvalue weighted by atomic mass is 79.9. The summed E-state index contributed by atoms with van der Waals surface area (Å²) < 4.78 is 1.04. The molecule has 3 rings (SSSR count). The first kappa shape index (κ1) is 15.0. The van der Waals surface area contributed by atoms with Crippen molar-refractivity contribution >= 4 is 21.8 Å². The molecule has 0 bridgehead atoms. The number of carbonyl (C=O) groups excluding carboxylic acids is 1. The van der Waals surface area contributed by atoms with Crippen LogP contribution in [0.25, 0.3) is 0 Å². The van der Waals surface area contributed by atoms with Gasteiger partial charge >= 0.3 is 0 Å². The first-order valence-electron chi connectivity index (χ1n) is 7.68. The third-order valence-corrected chi connectivity index (χ3v) is 4.98. The zero-order chi connectivity index (χ0) is 14.7. The summed E-state index contributed by atoms with van der Waals surface area (Å²) in [5.41, 5.74) is 0.865. The number of nitrogens with one attached hydrogen (secondary N) is 2. The van der Waals surface area contributed by atoms with E-state index in [1.165, 1.54) is 0 Å². The summed E-state index contributed by atoms with van der Waals surface area (Å²) in [6.45, 7) is 5.95. The lowest BCUT2D eigenvalue weighted by Gasteiger charge is -2.27. The minimum Gasteiger partial charge on any atom is -0.354 e. The molecule has 0 atom stereocenters. The van der Waals surface area contributed by atoms with Crippen LogP contribution in [0.5, 0.6) is 0 Å². The summed E-state index contributed by atoms with van der Waals surface area (Å²) in [4.78, 5) is 14.9. The summed E-state index contributed by atoms with van der Waals surface area (Å²) in [7, 11) is 0. The molecule has 21 heavy (non-hydrogen) atoms. The second-order valence-corrected chi connectivity index (χ2v) is 6.86. The zero-order valence-corrected chi connectivity index (χ0v) is 13.8. The lowest BCUT2D eigenvalue weighted by Crippen LogP contribution is -2.47. The fraction of sp³-hybridized carbons (Fsp3) is 0.562. The molecule has 1 aliphatic heterocycles. The Kier molecular flexibility index (Phi) is 4.62. The molecule has 1 aromatic carbocycles. The molecular weight excluding hydrogens is 330 g/mol. The maximum absolute atomic E-state index is 12.5. The van der Waals surface area contributed by atoms with Crippen molar-refractivity contribution in [3.8, 4) is 0 Å². The second kappa shape index (κ2) is 6.46. The van der Waals surface area contributed by atoms with E-state index in [2.05, 4.69) is 43.6 Å². The maximum atomic E-state index is 12.5. The van der Waals surface area contributed by atoms with E-state index in [0.717, 1.165) is 62.1 Å². The molecule has 1 aromatic rings. The quantitative estimate of drug-likeness (QED) is 0.844. The maximum Gasteiger partial charge on any atom is 0.230 e. The monoisotopic (exact) mass is 351 g/mol. The van der Waals surface area contributed by atoms with Crippen LogP contribution in [0.3, 0.4) is 0 Å². The molecule has 0 unspecified atom stereocenters. The molecule has 0 spiro atoms. The highest BCUT2D eigenvalue weighted by Gasteiger charge is 2.51. The van der Waals surface area contributed by atoms with E-state index >= 15 is 0 Å². The molecule has 4 nitrogen and oxygen atoms in total. The predicted octanol–water partition coefficient (Wildman–Crippen LogP) is 1.50. The van der Waals surface area contributed by atoms with E-state index in [1.807, 2.05) is 12.1 Å². The normalized spacial score (nSPS) is 21.0. The Balaban J connectivity index is 1.53. The first-order chi connectivity index (χ1) is 10.2. The lowest BCUT2D eigenvalue weighted by atomic mass is 9.95. The van der Waals surface area contributed by atoms with Crippen LogP contribution in [-0.4, -0.2) is 50.1 Å². The van der Waals surface area contributed by atoms with E-state index in [0.29, 0.717) is 0 Å². The number of amides is 1. The van der Waals surface area contributed by atoms with E-state index in [9.17, 15) is 4.79 Å². The Hall–Kier alpha value is -0.910. The van der Waals surface area contributed by atoms with Crippen molar-refractivity contribution in [2.75, 3.05) is 39.3 Å². The van der Waals surface area contributed by atoms with Gasteiger partial charge in [-0.1, -0.05) is 28.1 Å². The Morgan fingerprint density at radius 2 is 2.10 bits per heavy atom. The Labute approximate surface area is 134 Å². The van der Waals surface area contributed by atoms with Crippen LogP contribution in [0.2, 0.25) is 0 Å². The van der Waals surface area contributed by atoms with Crippen molar-refractivity contribution in [1.29, 1.82) is 0 Å². The third kappa shape index (κ3) is 3.47. The average molecular weight is 352 g/mol. The average Bonchev–Trinajstić information content (AvgIpc) is 3.30. The number of hydrogen-bond donors (Lipinski definition) is 2. The van der Waals surface area contributed by atoms with E-state index in [4.69, 9.17) is 0 Å². The molecular formula is C16H22BrN3O. The number of halogens is 1. The fourth-order valence-electron chi connectivity index (χ4n) is 2.99. The van der Waals surface area contributed by atoms with Gasteiger partial charge in [0, 0.05) is 43.7 Å². The van der Waals surface area contributed by atoms with Crippen LogP contribution in [-0.2, 0) is 10.2 Å². The lowest BCUT2D eigenvalue weighted by molar-refractivity contribution is -0.123. The van der Waals surface area contributed by atoms with E-state index in [-0.39, 0.29) is 11.3 Å². The number of benzene rings is 1. The SMILES string of the molecule is O=C(NCCN1CCNCC1)C1(c2cccc(Br)c2)CC1. The highest BCUT2D eigenvalue weighted by molar-refractivity contribution is 9.10. The second-order valence-electron chi connectivity index (χ2n) is 5.94. The molecule has 2 fully saturated rings. The van der Waals surface area contributed by atoms with Gasteiger partial charge in [-0.05, 0) is 30.5 Å². The molecule has 114 valence electrons. The van der Waals surface area contributed by atoms with Gasteiger partial charge in [0.05, 0.1) is 5.41 Å². The third-order valence-electron chi connectivity index (χ3n) is 4.49. The molecule has 2 N–H and O–H groups in total.